The van der Waals surface area contributed by atoms with Crippen molar-refractivity contribution in [1.29, 1.82) is 0 Å². The van der Waals surface area contributed by atoms with Crippen molar-refractivity contribution < 1.29 is 0 Å². The van der Waals surface area contributed by atoms with E-state index in [1.165, 1.54) is 43.2 Å². The standard InChI is InChI=1S/C16H25/c1-5-6-7-8-12-16(3,4)15-11-9-10-14(2)13-15/h9-10,13H,5-8,12H2,1-4H3. The molecule has 0 aliphatic rings. The molecule has 0 aromatic heterocycles. The lowest BCUT2D eigenvalue weighted by Crippen LogP contribution is -2.17. The monoisotopic (exact) mass is 217 g/mol. The number of unbranched alkanes of at least 4 members (excludes halogenated alkanes) is 3. The summed E-state index contributed by atoms with van der Waals surface area (Å²) in [7, 11) is 0. The van der Waals surface area contributed by atoms with E-state index in [4.69, 9.17) is 0 Å². The van der Waals surface area contributed by atoms with Crippen molar-refractivity contribution in [2.75, 3.05) is 0 Å². The van der Waals surface area contributed by atoms with Crippen molar-refractivity contribution in [1.82, 2.24) is 0 Å². The number of rotatable bonds is 6. The fraction of sp³-hybridized carbons (Fsp3) is 0.625. The quantitative estimate of drug-likeness (QED) is 0.585. The van der Waals surface area contributed by atoms with Crippen LogP contribution in [0.25, 0.3) is 0 Å². The molecule has 0 unspecified atom stereocenters. The van der Waals surface area contributed by atoms with Gasteiger partial charge in [0.25, 0.3) is 0 Å². The normalized spacial score (nSPS) is 11.8. The first-order chi connectivity index (χ1) is 7.56. The van der Waals surface area contributed by atoms with Gasteiger partial charge in [-0.2, -0.15) is 0 Å². The Bertz CT molecular complexity index is 310. The van der Waals surface area contributed by atoms with Gasteiger partial charge in [-0.3, -0.25) is 0 Å². The molecule has 16 heavy (non-hydrogen) atoms. The fourth-order valence-corrected chi connectivity index (χ4v) is 2.10. The van der Waals surface area contributed by atoms with Crippen molar-refractivity contribution in [3.8, 4) is 0 Å². The van der Waals surface area contributed by atoms with Gasteiger partial charge in [-0.05, 0) is 30.4 Å². The molecule has 0 nitrogen and oxygen atoms in total. The molecule has 0 spiro atoms. The van der Waals surface area contributed by atoms with Crippen molar-refractivity contribution in [2.45, 2.75) is 65.2 Å². The van der Waals surface area contributed by atoms with Crippen LogP contribution in [0.3, 0.4) is 0 Å². The van der Waals surface area contributed by atoms with Gasteiger partial charge in [-0.25, -0.2) is 0 Å². The molecule has 0 aliphatic carbocycles. The Morgan fingerprint density at radius 3 is 2.56 bits per heavy atom. The largest absolute Gasteiger partial charge is 0.0654 e. The van der Waals surface area contributed by atoms with Gasteiger partial charge in [-0.15, -0.1) is 0 Å². The summed E-state index contributed by atoms with van der Waals surface area (Å²) in [6, 6.07) is 9.84. The maximum Gasteiger partial charge on any atom is -0.00973 e. The third kappa shape index (κ3) is 4.00. The zero-order valence-electron chi connectivity index (χ0n) is 11.3. The molecule has 0 amide bonds. The molecule has 1 radical (unpaired) electrons. The molecular weight excluding hydrogens is 192 g/mol. The van der Waals surface area contributed by atoms with Gasteiger partial charge in [-0.1, -0.05) is 70.2 Å². The van der Waals surface area contributed by atoms with Crippen LogP contribution in [0, 0.1) is 13.0 Å². The minimum Gasteiger partial charge on any atom is -0.0654 e. The second-order valence-electron chi connectivity index (χ2n) is 5.47. The summed E-state index contributed by atoms with van der Waals surface area (Å²) >= 11 is 0. The van der Waals surface area contributed by atoms with E-state index in [2.05, 4.69) is 52.0 Å². The fourth-order valence-electron chi connectivity index (χ4n) is 2.10. The maximum absolute atomic E-state index is 3.39. The van der Waals surface area contributed by atoms with E-state index in [1.807, 2.05) is 0 Å². The van der Waals surface area contributed by atoms with Gasteiger partial charge in [0.15, 0.2) is 0 Å². The van der Waals surface area contributed by atoms with E-state index < -0.39 is 0 Å². The third-order valence-corrected chi connectivity index (χ3v) is 3.34. The van der Waals surface area contributed by atoms with Gasteiger partial charge >= 0.3 is 0 Å². The van der Waals surface area contributed by atoms with E-state index in [-0.39, 0.29) is 5.41 Å². The number of hydrogen-bond donors (Lipinski definition) is 0. The second kappa shape index (κ2) is 6.08. The molecule has 0 N–H and O–H groups in total. The minimum atomic E-state index is 0.278. The summed E-state index contributed by atoms with van der Waals surface area (Å²) in [6.07, 6.45) is 6.66. The Labute approximate surface area is 101 Å². The summed E-state index contributed by atoms with van der Waals surface area (Å²) < 4.78 is 0. The lowest BCUT2D eigenvalue weighted by Gasteiger charge is -2.25. The molecule has 89 valence electrons. The molecule has 1 aromatic rings. The molecule has 0 atom stereocenters. The van der Waals surface area contributed by atoms with Crippen molar-refractivity contribution in [3.63, 3.8) is 0 Å². The van der Waals surface area contributed by atoms with Gasteiger partial charge < -0.3 is 0 Å². The highest BCUT2D eigenvalue weighted by Crippen LogP contribution is 2.29. The van der Waals surface area contributed by atoms with Crippen LogP contribution in [0.15, 0.2) is 18.2 Å². The average Bonchev–Trinajstić information content (AvgIpc) is 2.24. The van der Waals surface area contributed by atoms with Crippen molar-refractivity contribution in [2.24, 2.45) is 0 Å². The van der Waals surface area contributed by atoms with Gasteiger partial charge in [0.05, 0.1) is 0 Å². The first-order valence-electron chi connectivity index (χ1n) is 6.55. The van der Waals surface area contributed by atoms with E-state index in [1.54, 1.807) is 0 Å². The van der Waals surface area contributed by atoms with E-state index in [0.717, 1.165) is 0 Å². The molecule has 0 heteroatoms. The van der Waals surface area contributed by atoms with E-state index in [9.17, 15) is 0 Å². The highest BCUT2D eigenvalue weighted by atomic mass is 14.2. The molecule has 1 rings (SSSR count). The van der Waals surface area contributed by atoms with Crippen LogP contribution in [0.5, 0.6) is 0 Å². The zero-order chi connectivity index (χ0) is 12.0. The van der Waals surface area contributed by atoms with Crippen LogP contribution in [0.2, 0.25) is 0 Å². The number of aryl methyl sites for hydroxylation is 1. The topological polar surface area (TPSA) is 0 Å². The summed E-state index contributed by atoms with van der Waals surface area (Å²) in [5, 5.41) is 0. The SMILES string of the molecule is CCCCCCC(C)(C)c1[c]ccc(C)c1. The molecule has 0 aliphatic heterocycles. The molecule has 0 saturated heterocycles. The molecule has 0 heterocycles. The lowest BCUT2D eigenvalue weighted by molar-refractivity contribution is 0.445. The smallest absolute Gasteiger partial charge is 0.00973 e. The highest BCUT2D eigenvalue weighted by molar-refractivity contribution is 5.27. The Hall–Kier alpha value is -0.780. The number of benzene rings is 1. The predicted molar refractivity (Wildman–Crippen MR) is 71.8 cm³/mol. The zero-order valence-corrected chi connectivity index (χ0v) is 11.3. The van der Waals surface area contributed by atoms with E-state index in [0.29, 0.717) is 0 Å². The predicted octanol–water partition coefficient (Wildman–Crippen LogP) is 5.04. The van der Waals surface area contributed by atoms with Crippen molar-refractivity contribution in [3.05, 3.63) is 35.4 Å². The molecule has 0 bridgehead atoms. The van der Waals surface area contributed by atoms with Crippen LogP contribution in [-0.2, 0) is 5.41 Å². The lowest BCUT2D eigenvalue weighted by atomic mass is 9.79. The van der Waals surface area contributed by atoms with Crippen LogP contribution < -0.4 is 0 Å². The second-order valence-corrected chi connectivity index (χ2v) is 5.47. The first-order valence-corrected chi connectivity index (χ1v) is 6.55. The minimum absolute atomic E-state index is 0.278. The first kappa shape index (κ1) is 13.3. The Balaban J connectivity index is 2.55. The van der Waals surface area contributed by atoms with E-state index >= 15 is 0 Å². The maximum atomic E-state index is 3.39. The van der Waals surface area contributed by atoms with Crippen LogP contribution in [0.4, 0.5) is 0 Å². The third-order valence-electron chi connectivity index (χ3n) is 3.34. The Morgan fingerprint density at radius 1 is 1.19 bits per heavy atom. The summed E-state index contributed by atoms with van der Waals surface area (Å²) in [5.41, 5.74) is 2.99. The molecule has 0 fully saturated rings. The molecule has 0 saturated carbocycles. The van der Waals surface area contributed by atoms with Crippen LogP contribution in [-0.4, -0.2) is 0 Å². The number of hydrogen-bond acceptors (Lipinski definition) is 0. The summed E-state index contributed by atoms with van der Waals surface area (Å²) in [4.78, 5) is 0. The van der Waals surface area contributed by atoms with Crippen molar-refractivity contribution >= 4 is 0 Å². The Kier molecular flexibility index (Phi) is 5.05. The molecular formula is C16H25. The average molecular weight is 217 g/mol. The van der Waals surface area contributed by atoms with Crippen LogP contribution in [0.1, 0.15) is 64.0 Å². The Morgan fingerprint density at radius 2 is 1.94 bits per heavy atom. The van der Waals surface area contributed by atoms with Gasteiger partial charge in [0, 0.05) is 0 Å². The van der Waals surface area contributed by atoms with Gasteiger partial charge in [0.1, 0.15) is 0 Å². The van der Waals surface area contributed by atoms with Crippen LogP contribution >= 0.6 is 0 Å². The summed E-state index contributed by atoms with van der Waals surface area (Å²) in [5.74, 6) is 0. The van der Waals surface area contributed by atoms with Gasteiger partial charge in [0.2, 0.25) is 0 Å². The summed E-state index contributed by atoms with van der Waals surface area (Å²) in [6.45, 7) is 9.10. The molecule has 1 aromatic carbocycles. The highest BCUT2D eigenvalue weighted by Gasteiger charge is 2.19.